The molecule has 0 atom stereocenters. The van der Waals surface area contributed by atoms with E-state index in [2.05, 4.69) is 41.0 Å². The molecule has 5 heteroatoms. The van der Waals surface area contributed by atoms with Gasteiger partial charge in [0.05, 0.1) is 30.0 Å². The topological polar surface area (TPSA) is 53.3 Å². The summed E-state index contributed by atoms with van der Waals surface area (Å²) in [7, 11) is 0. The lowest BCUT2D eigenvalue weighted by molar-refractivity contribution is -0.227. The van der Waals surface area contributed by atoms with Crippen LogP contribution in [0.3, 0.4) is 0 Å². The largest absolute Gasteiger partial charge is 0.345 e. The van der Waals surface area contributed by atoms with Crippen molar-refractivity contribution in [2.24, 2.45) is 5.41 Å². The molecule has 0 radical (unpaired) electrons. The molecule has 5 nitrogen and oxygen atoms in total. The molecule has 0 N–H and O–H groups in total. The van der Waals surface area contributed by atoms with E-state index in [4.69, 9.17) is 14.5 Å². The lowest BCUT2D eigenvalue weighted by Crippen LogP contribution is -2.38. The van der Waals surface area contributed by atoms with Crippen LogP contribution in [-0.2, 0) is 20.8 Å². The van der Waals surface area contributed by atoms with Crippen molar-refractivity contribution in [3.05, 3.63) is 102 Å². The van der Waals surface area contributed by atoms with Crippen LogP contribution in [0.2, 0.25) is 0 Å². The molecule has 1 aliphatic heterocycles. The van der Waals surface area contributed by atoms with Crippen molar-refractivity contribution in [1.29, 1.82) is 0 Å². The molecule has 1 fully saturated rings. The lowest BCUT2D eigenvalue weighted by Gasteiger charge is -2.33. The lowest BCUT2D eigenvalue weighted by atomic mass is 9.95. The van der Waals surface area contributed by atoms with Crippen LogP contribution in [0, 0.1) is 5.41 Å². The maximum absolute atomic E-state index is 11.5. The van der Waals surface area contributed by atoms with Crippen molar-refractivity contribution in [2.75, 3.05) is 13.2 Å². The molecular formula is C28H26N2O3. The Kier molecular flexibility index (Phi) is 5.90. The van der Waals surface area contributed by atoms with Gasteiger partial charge in [0.15, 0.2) is 5.82 Å². The number of benzene rings is 3. The van der Waals surface area contributed by atoms with E-state index in [-0.39, 0.29) is 0 Å². The van der Waals surface area contributed by atoms with Gasteiger partial charge in [0.25, 0.3) is 0 Å². The Morgan fingerprint density at radius 2 is 1.42 bits per heavy atom. The van der Waals surface area contributed by atoms with Gasteiger partial charge in [0.1, 0.15) is 6.29 Å². The van der Waals surface area contributed by atoms with E-state index in [1.165, 1.54) is 0 Å². The van der Waals surface area contributed by atoms with Gasteiger partial charge >= 0.3 is 0 Å². The van der Waals surface area contributed by atoms with E-state index in [0.717, 1.165) is 34.4 Å². The molecule has 3 aromatic carbocycles. The second-order valence-corrected chi connectivity index (χ2v) is 8.70. The predicted octanol–water partition coefficient (Wildman–Crippen LogP) is 5.52. The van der Waals surface area contributed by atoms with E-state index >= 15 is 0 Å². The van der Waals surface area contributed by atoms with Gasteiger partial charge in [-0.1, -0.05) is 91.0 Å². The summed E-state index contributed by atoms with van der Waals surface area (Å²) in [6.07, 6.45) is 0.256. The SMILES string of the molecule is C[C@]1(C=O)CO[C@@H](c2nc(-c3ccccc3)c(-c3ccccc3)n2Cc2ccccc2)OC1. The summed E-state index contributed by atoms with van der Waals surface area (Å²) in [6.45, 7) is 3.05. The van der Waals surface area contributed by atoms with Gasteiger partial charge in [0.2, 0.25) is 6.29 Å². The van der Waals surface area contributed by atoms with E-state index in [1.807, 2.05) is 61.5 Å². The average molecular weight is 439 g/mol. The number of ether oxygens (including phenoxy) is 2. The molecule has 2 heterocycles. The van der Waals surface area contributed by atoms with E-state index < -0.39 is 11.7 Å². The highest BCUT2D eigenvalue weighted by molar-refractivity contribution is 5.79. The number of hydrogen-bond donors (Lipinski definition) is 0. The van der Waals surface area contributed by atoms with Crippen LogP contribution in [0.25, 0.3) is 22.5 Å². The highest BCUT2D eigenvalue weighted by Crippen LogP contribution is 2.38. The monoisotopic (exact) mass is 438 g/mol. The van der Waals surface area contributed by atoms with E-state index in [9.17, 15) is 4.79 Å². The standard InChI is InChI=1S/C28H26N2O3/c1-28(18-31)19-32-27(33-20-28)26-29-24(22-13-7-3-8-14-22)25(23-15-9-4-10-16-23)30(26)17-21-11-5-2-6-12-21/h2-16,18,27H,17,19-20H2,1H3/t27-,28+. The van der Waals surface area contributed by atoms with Gasteiger partial charge in [-0.05, 0) is 12.5 Å². The first kappa shape index (κ1) is 21.3. The van der Waals surface area contributed by atoms with Crippen molar-refractivity contribution in [1.82, 2.24) is 9.55 Å². The highest BCUT2D eigenvalue weighted by atomic mass is 16.7. The number of aromatic nitrogens is 2. The van der Waals surface area contributed by atoms with Crippen molar-refractivity contribution in [3.63, 3.8) is 0 Å². The number of aldehydes is 1. The molecule has 1 aliphatic rings. The summed E-state index contributed by atoms with van der Waals surface area (Å²) >= 11 is 0. The molecule has 1 saturated heterocycles. The van der Waals surface area contributed by atoms with Gasteiger partial charge in [-0.15, -0.1) is 0 Å². The van der Waals surface area contributed by atoms with Gasteiger partial charge in [-0.3, -0.25) is 0 Å². The summed E-state index contributed by atoms with van der Waals surface area (Å²) in [5.41, 5.74) is 4.50. The Morgan fingerprint density at radius 3 is 2.00 bits per heavy atom. The molecule has 0 aliphatic carbocycles. The maximum atomic E-state index is 11.5. The number of carbonyl (C=O) groups is 1. The third-order valence-electron chi connectivity index (χ3n) is 5.90. The van der Waals surface area contributed by atoms with Crippen LogP contribution in [0.5, 0.6) is 0 Å². The molecule has 1 aromatic heterocycles. The minimum absolute atomic E-state index is 0.292. The minimum atomic E-state index is -0.651. The minimum Gasteiger partial charge on any atom is -0.345 e. The summed E-state index contributed by atoms with van der Waals surface area (Å²) in [5, 5.41) is 0. The Balaban J connectivity index is 1.68. The van der Waals surface area contributed by atoms with Crippen molar-refractivity contribution in [3.8, 4) is 22.5 Å². The molecule has 5 rings (SSSR count). The first-order valence-electron chi connectivity index (χ1n) is 11.1. The molecule has 0 unspecified atom stereocenters. The second kappa shape index (κ2) is 9.14. The average Bonchev–Trinajstić information content (AvgIpc) is 3.25. The first-order chi connectivity index (χ1) is 16.2. The fourth-order valence-corrected chi connectivity index (χ4v) is 4.10. The van der Waals surface area contributed by atoms with Crippen molar-refractivity contribution >= 4 is 6.29 Å². The van der Waals surface area contributed by atoms with Crippen LogP contribution in [0.1, 0.15) is 24.6 Å². The van der Waals surface area contributed by atoms with Gasteiger partial charge in [0, 0.05) is 17.7 Å². The number of imidazole rings is 1. The fourth-order valence-electron chi connectivity index (χ4n) is 4.10. The third kappa shape index (κ3) is 4.38. The zero-order valence-electron chi connectivity index (χ0n) is 18.6. The number of hydrogen-bond acceptors (Lipinski definition) is 4. The first-order valence-corrected chi connectivity index (χ1v) is 11.1. The molecular weight excluding hydrogens is 412 g/mol. The molecule has 0 amide bonds. The zero-order valence-corrected chi connectivity index (χ0v) is 18.6. The number of nitrogens with zero attached hydrogens (tertiary/aromatic N) is 2. The Labute approximate surface area is 193 Å². The summed E-state index contributed by atoms with van der Waals surface area (Å²) < 4.78 is 14.3. The molecule has 0 bridgehead atoms. The van der Waals surface area contributed by atoms with Gasteiger partial charge in [-0.25, -0.2) is 4.98 Å². The van der Waals surface area contributed by atoms with Crippen molar-refractivity contribution < 1.29 is 14.3 Å². The van der Waals surface area contributed by atoms with Crippen LogP contribution in [0.15, 0.2) is 91.0 Å². The quantitative estimate of drug-likeness (QED) is 0.372. The predicted molar refractivity (Wildman–Crippen MR) is 127 cm³/mol. The fraction of sp³-hybridized carbons (Fsp3) is 0.214. The Morgan fingerprint density at radius 1 is 0.879 bits per heavy atom. The Hall–Kier alpha value is -3.54. The summed E-state index contributed by atoms with van der Waals surface area (Å²) in [5.74, 6) is 0.699. The summed E-state index contributed by atoms with van der Waals surface area (Å²) in [4.78, 5) is 16.6. The highest BCUT2D eigenvalue weighted by Gasteiger charge is 2.36. The molecule has 166 valence electrons. The van der Waals surface area contributed by atoms with Gasteiger partial charge in [-0.2, -0.15) is 0 Å². The molecule has 33 heavy (non-hydrogen) atoms. The number of carbonyl (C=O) groups excluding carboxylic acids is 1. The number of rotatable bonds is 6. The Bertz CT molecular complexity index is 1210. The zero-order chi connectivity index (χ0) is 22.7. The smallest absolute Gasteiger partial charge is 0.217 e. The van der Waals surface area contributed by atoms with Gasteiger partial charge < -0.3 is 18.8 Å². The van der Waals surface area contributed by atoms with Crippen LogP contribution in [-0.4, -0.2) is 29.1 Å². The normalized spacial score (nSPS) is 20.5. The van der Waals surface area contributed by atoms with E-state index in [0.29, 0.717) is 25.6 Å². The van der Waals surface area contributed by atoms with Crippen LogP contribution in [0.4, 0.5) is 0 Å². The van der Waals surface area contributed by atoms with Crippen LogP contribution < -0.4 is 0 Å². The third-order valence-corrected chi connectivity index (χ3v) is 5.90. The maximum Gasteiger partial charge on any atom is 0.217 e. The van der Waals surface area contributed by atoms with Crippen LogP contribution >= 0.6 is 0 Å². The van der Waals surface area contributed by atoms with E-state index in [1.54, 1.807) is 0 Å². The van der Waals surface area contributed by atoms with Crippen molar-refractivity contribution in [2.45, 2.75) is 19.8 Å². The molecule has 0 spiro atoms. The summed E-state index contributed by atoms with van der Waals surface area (Å²) in [6, 6.07) is 30.7. The second-order valence-electron chi connectivity index (χ2n) is 8.70. The molecule has 4 aromatic rings. The molecule has 0 saturated carbocycles.